The van der Waals surface area contributed by atoms with E-state index in [2.05, 4.69) is 17.4 Å². The number of aryl methyl sites for hydroxylation is 2. The summed E-state index contributed by atoms with van der Waals surface area (Å²) >= 11 is 6.04. The first-order chi connectivity index (χ1) is 18.4. The van der Waals surface area contributed by atoms with Crippen LogP contribution in [0.15, 0.2) is 42.5 Å². The van der Waals surface area contributed by atoms with Gasteiger partial charge in [0.2, 0.25) is 5.91 Å². The maximum atomic E-state index is 13.2. The number of nitrogens with one attached hydrogen (secondary N) is 1. The third kappa shape index (κ3) is 4.54. The highest BCUT2D eigenvalue weighted by atomic mass is 35.5. The van der Waals surface area contributed by atoms with Gasteiger partial charge in [-0.25, -0.2) is 9.97 Å². The molecule has 5 aliphatic carbocycles. The van der Waals surface area contributed by atoms with Crippen LogP contribution in [0.5, 0.6) is 0 Å². The second kappa shape index (κ2) is 9.46. The summed E-state index contributed by atoms with van der Waals surface area (Å²) in [4.78, 5) is 23.6. The molecule has 0 aliphatic heterocycles. The number of amides is 1. The van der Waals surface area contributed by atoms with Gasteiger partial charge in [0.15, 0.2) is 5.82 Å². The van der Waals surface area contributed by atoms with Crippen molar-refractivity contribution < 1.29 is 9.90 Å². The number of rotatable bonds is 6. The topological polar surface area (TPSA) is 75.1 Å². The fourth-order valence-electron chi connectivity index (χ4n) is 8.38. The number of hydrogen-bond acceptors (Lipinski definition) is 4. The first-order valence-corrected chi connectivity index (χ1v) is 14.5. The normalized spacial score (nSPS) is 26.6. The summed E-state index contributed by atoms with van der Waals surface area (Å²) in [5, 5.41) is 13.5. The van der Waals surface area contributed by atoms with Gasteiger partial charge in [-0.3, -0.25) is 4.79 Å². The molecule has 8 rings (SSSR count). The zero-order chi connectivity index (χ0) is 25.9. The molecule has 5 nitrogen and oxygen atoms in total. The zero-order valence-electron chi connectivity index (χ0n) is 21.7. The van der Waals surface area contributed by atoms with Crippen molar-refractivity contribution in [3.8, 4) is 11.3 Å². The fourth-order valence-corrected chi connectivity index (χ4v) is 8.51. The van der Waals surface area contributed by atoms with E-state index in [1.54, 1.807) is 0 Å². The average Bonchev–Trinajstić information content (AvgIpc) is 2.89. The number of carbonyl (C=O) groups excluding carboxylic acids is 1. The smallest absolute Gasteiger partial charge is 0.229 e. The standard InChI is InChI=1S/C32H34ClN3O2/c33-25-5-1-19(2-6-25)13-29(38)36-31-28(17-32-14-21-9-22(15-32)11-23(10-21)16-32)34-30-26-7-3-20(18-37)12-24(26)4-8-27(30)35-31/h1-3,5-7,12,21-23,37H,4,8-11,13-18H2,(H,35,36,38). The van der Waals surface area contributed by atoms with Crippen LogP contribution in [0, 0.1) is 23.2 Å². The zero-order valence-corrected chi connectivity index (χ0v) is 22.4. The van der Waals surface area contributed by atoms with E-state index in [1.807, 2.05) is 30.3 Å². The Morgan fingerprint density at radius 3 is 2.32 bits per heavy atom. The van der Waals surface area contributed by atoms with Crippen molar-refractivity contribution in [2.75, 3.05) is 5.32 Å². The third-order valence-electron chi connectivity index (χ3n) is 9.52. The Morgan fingerprint density at radius 2 is 1.63 bits per heavy atom. The molecule has 4 saturated carbocycles. The number of nitrogens with zero attached hydrogens (tertiary/aromatic N) is 2. The fraction of sp³-hybridized carbons (Fsp3) is 0.469. The molecule has 6 heteroatoms. The summed E-state index contributed by atoms with van der Waals surface area (Å²) in [6.45, 7) is 0.0433. The Hall–Kier alpha value is -2.76. The molecule has 1 heterocycles. The highest BCUT2D eigenvalue weighted by Gasteiger charge is 2.51. The van der Waals surface area contributed by atoms with Crippen molar-refractivity contribution in [2.45, 2.75) is 70.8 Å². The molecule has 4 bridgehead atoms. The summed E-state index contributed by atoms with van der Waals surface area (Å²) in [6, 6.07) is 13.6. The summed E-state index contributed by atoms with van der Waals surface area (Å²) in [7, 11) is 0. The minimum Gasteiger partial charge on any atom is -0.392 e. The lowest BCUT2D eigenvalue weighted by Gasteiger charge is -2.57. The quantitative estimate of drug-likeness (QED) is 0.393. The highest BCUT2D eigenvalue weighted by Crippen LogP contribution is 2.61. The number of fused-ring (bicyclic) bond motifs is 3. The van der Waals surface area contributed by atoms with Crippen LogP contribution in [0.3, 0.4) is 0 Å². The number of carbonyl (C=O) groups is 1. The number of halogens is 1. The second-order valence-corrected chi connectivity index (χ2v) is 12.8. The molecule has 4 fully saturated rings. The van der Waals surface area contributed by atoms with Gasteiger partial charge in [0, 0.05) is 10.6 Å². The Kier molecular flexibility index (Phi) is 6.05. The molecule has 2 aromatic carbocycles. The van der Waals surface area contributed by atoms with E-state index in [9.17, 15) is 9.90 Å². The van der Waals surface area contributed by atoms with Crippen molar-refractivity contribution in [1.82, 2.24) is 9.97 Å². The second-order valence-electron chi connectivity index (χ2n) is 12.4. The lowest BCUT2D eigenvalue weighted by Crippen LogP contribution is -2.47. The van der Waals surface area contributed by atoms with Crippen LogP contribution in [0.1, 0.15) is 66.6 Å². The van der Waals surface area contributed by atoms with E-state index in [4.69, 9.17) is 21.6 Å². The number of anilines is 1. The molecule has 1 aromatic heterocycles. The van der Waals surface area contributed by atoms with Crippen molar-refractivity contribution in [3.05, 3.63) is 75.6 Å². The van der Waals surface area contributed by atoms with Gasteiger partial charge < -0.3 is 10.4 Å². The van der Waals surface area contributed by atoms with Gasteiger partial charge in [0.1, 0.15) is 0 Å². The lowest BCUT2D eigenvalue weighted by atomic mass is 9.48. The monoisotopic (exact) mass is 527 g/mol. The van der Waals surface area contributed by atoms with Crippen molar-refractivity contribution in [1.29, 1.82) is 0 Å². The molecule has 3 aromatic rings. The maximum absolute atomic E-state index is 13.2. The Bertz CT molecular complexity index is 1370. The average molecular weight is 528 g/mol. The molecule has 2 N–H and O–H groups in total. The van der Waals surface area contributed by atoms with Crippen LogP contribution in [0.2, 0.25) is 5.02 Å². The molecule has 196 valence electrons. The highest BCUT2D eigenvalue weighted by molar-refractivity contribution is 6.30. The number of hydrogen-bond donors (Lipinski definition) is 2. The molecular formula is C32H34ClN3O2. The van der Waals surface area contributed by atoms with Crippen molar-refractivity contribution in [2.24, 2.45) is 23.2 Å². The van der Waals surface area contributed by atoms with Crippen LogP contribution in [0.4, 0.5) is 5.82 Å². The molecule has 0 saturated heterocycles. The lowest BCUT2D eigenvalue weighted by molar-refractivity contribution is -0.115. The summed E-state index contributed by atoms with van der Waals surface area (Å²) in [5.41, 5.74) is 7.31. The predicted octanol–water partition coefficient (Wildman–Crippen LogP) is 6.33. The Balaban J connectivity index is 1.24. The van der Waals surface area contributed by atoms with E-state index >= 15 is 0 Å². The number of aromatic nitrogens is 2. The summed E-state index contributed by atoms with van der Waals surface area (Å²) in [5.74, 6) is 3.14. The molecule has 5 aliphatic rings. The molecule has 0 radical (unpaired) electrons. The van der Waals surface area contributed by atoms with E-state index in [-0.39, 0.29) is 24.3 Å². The maximum Gasteiger partial charge on any atom is 0.229 e. The van der Waals surface area contributed by atoms with Crippen LogP contribution in [-0.2, 0) is 37.1 Å². The number of benzene rings is 2. The molecular weight excluding hydrogens is 494 g/mol. The number of aliphatic hydroxyl groups excluding tert-OH is 1. The van der Waals surface area contributed by atoms with E-state index in [0.717, 1.165) is 70.8 Å². The molecule has 0 unspecified atom stereocenters. The van der Waals surface area contributed by atoms with Crippen LogP contribution < -0.4 is 5.32 Å². The van der Waals surface area contributed by atoms with Gasteiger partial charge in [-0.1, -0.05) is 41.9 Å². The Labute approximate surface area is 229 Å². The minimum absolute atomic E-state index is 0.0433. The largest absolute Gasteiger partial charge is 0.392 e. The van der Waals surface area contributed by atoms with Gasteiger partial charge >= 0.3 is 0 Å². The number of aliphatic hydroxyl groups is 1. The van der Waals surface area contributed by atoms with Crippen LogP contribution in [0.25, 0.3) is 11.3 Å². The third-order valence-corrected chi connectivity index (χ3v) is 9.77. The van der Waals surface area contributed by atoms with E-state index < -0.39 is 0 Å². The van der Waals surface area contributed by atoms with Gasteiger partial charge in [-0.15, -0.1) is 0 Å². The van der Waals surface area contributed by atoms with Gasteiger partial charge in [0.25, 0.3) is 0 Å². The summed E-state index contributed by atoms with van der Waals surface area (Å²) < 4.78 is 0. The van der Waals surface area contributed by atoms with Gasteiger partial charge in [-0.05, 0) is 110 Å². The predicted molar refractivity (Wildman–Crippen MR) is 149 cm³/mol. The molecule has 0 spiro atoms. The van der Waals surface area contributed by atoms with Gasteiger partial charge in [-0.2, -0.15) is 0 Å². The van der Waals surface area contributed by atoms with Gasteiger partial charge in [0.05, 0.1) is 30.1 Å². The molecule has 0 atom stereocenters. The SMILES string of the molecule is O=C(Cc1ccc(Cl)cc1)Nc1nc2c(nc1CC13CC4CC(CC(C4)C1)C3)-c1ccc(CO)cc1CC2. The molecule has 1 amide bonds. The van der Waals surface area contributed by atoms with E-state index in [1.165, 1.54) is 44.1 Å². The van der Waals surface area contributed by atoms with Crippen LogP contribution in [-0.4, -0.2) is 21.0 Å². The Morgan fingerprint density at radius 1 is 0.947 bits per heavy atom. The van der Waals surface area contributed by atoms with E-state index in [0.29, 0.717) is 10.8 Å². The first kappa shape index (κ1) is 24.3. The summed E-state index contributed by atoms with van der Waals surface area (Å²) in [6.07, 6.45) is 10.9. The first-order valence-electron chi connectivity index (χ1n) is 14.1. The minimum atomic E-state index is -0.0721. The van der Waals surface area contributed by atoms with Crippen molar-refractivity contribution >= 4 is 23.3 Å². The molecule has 38 heavy (non-hydrogen) atoms. The van der Waals surface area contributed by atoms with Crippen molar-refractivity contribution in [3.63, 3.8) is 0 Å². The van der Waals surface area contributed by atoms with Crippen LogP contribution >= 0.6 is 11.6 Å².